The summed E-state index contributed by atoms with van der Waals surface area (Å²) in [6.07, 6.45) is 0. The molecule has 0 spiro atoms. The van der Waals surface area contributed by atoms with Gasteiger partial charge < -0.3 is 10.4 Å². The van der Waals surface area contributed by atoms with Crippen LogP contribution in [0.5, 0.6) is 0 Å². The highest BCUT2D eigenvalue weighted by molar-refractivity contribution is 8.14. The molecule has 1 rings (SSSR count). The predicted octanol–water partition coefficient (Wildman–Crippen LogP) is 1.43. The topological polar surface area (TPSA) is 83.5 Å². The molecule has 0 aliphatic heterocycles. The number of hydrogen-bond donors (Lipinski definition) is 2. The minimum atomic E-state index is -1.34. The molecular weight excluding hydrogens is 292 g/mol. The fraction of sp³-hybridized carbons (Fsp3) is 0.250. The molecule has 0 heterocycles. The summed E-state index contributed by atoms with van der Waals surface area (Å²) in [6, 6.07) is 1.67. The van der Waals surface area contributed by atoms with Crippen molar-refractivity contribution in [3.05, 3.63) is 35.4 Å². The van der Waals surface area contributed by atoms with Crippen molar-refractivity contribution in [3.63, 3.8) is 0 Å². The lowest BCUT2D eigenvalue weighted by atomic mass is 10.2. The lowest BCUT2D eigenvalue weighted by Crippen LogP contribution is -2.41. The summed E-state index contributed by atoms with van der Waals surface area (Å²) in [5.74, 6) is -4.29. The van der Waals surface area contributed by atoms with Crippen LogP contribution in [-0.4, -0.2) is 33.9 Å². The van der Waals surface area contributed by atoms with Gasteiger partial charge in [-0.3, -0.25) is 9.59 Å². The van der Waals surface area contributed by atoms with Crippen LogP contribution in [0.1, 0.15) is 17.3 Å². The SMILES string of the molecule is CC(=O)NC(CSC(=O)c1c(F)cccc1F)C(=O)O. The molecule has 0 fully saturated rings. The number of amides is 1. The molecule has 0 saturated carbocycles. The van der Waals surface area contributed by atoms with E-state index >= 15 is 0 Å². The molecule has 0 aromatic heterocycles. The summed E-state index contributed by atoms with van der Waals surface area (Å²) in [5, 5.41) is 10.0. The number of benzene rings is 1. The average Bonchev–Trinajstić information content (AvgIpc) is 2.33. The summed E-state index contributed by atoms with van der Waals surface area (Å²) in [5.41, 5.74) is -0.732. The van der Waals surface area contributed by atoms with Gasteiger partial charge in [-0.25, -0.2) is 13.6 Å². The monoisotopic (exact) mass is 303 g/mol. The molecule has 1 amide bonds. The number of halogens is 2. The number of thioether (sulfide) groups is 1. The molecule has 108 valence electrons. The van der Waals surface area contributed by atoms with Crippen molar-refractivity contribution >= 4 is 28.8 Å². The Labute approximate surface area is 117 Å². The molecule has 0 aliphatic rings. The van der Waals surface area contributed by atoms with Crippen LogP contribution in [-0.2, 0) is 9.59 Å². The first-order valence-corrected chi connectivity index (χ1v) is 6.42. The maximum Gasteiger partial charge on any atom is 0.327 e. The van der Waals surface area contributed by atoms with E-state index in [4.69, 9.17) is 5.11 Å². The van der Waals surface area contributed by atoms with E-state index in [1.54, 1.807) is 0 Å². The number of carboxylic acids is 1. The van der Waals surface area contributed by atoms with E-state index in [1.807, 2.05) is 0 Å². The van der Waals surface area contributed by atoms with E-state index in [2.05, 4.69) is 5.32 Å². The highest BCUT2D eigenvalue weighted by Crippen LogP contribution is 2.19. The van der Waals surface area contributed by atoms with Gasteiger partial charge >= 0.3 is 5.97 Å². The average molecular weight is 303 g/mol. The molecule has 0 bridgehead atoms. The van der Waals surface area contributed by atoms with E-state index in [0.29, 0.717) is 11.8 Å². The van der Waals surface area contributed by atoms with Crippen molar-refractivity contribution in [2.75, 3.05) is 5.75 Å². The highest BCUT2D eigenvalue weighted by Gasteiger charge is 2.23. The molecular formula is C12H11F2NO4S. The Morgan fingerprint density at radius 2 is 1.85 bits per heavy atom. The van der Waals surface area contributed by atoms with Gasteiger partial charge in [0.15, 0.2) is 0 Å². The summed E-state index contributed by atoms with van der Waals surface area (Å²) in [6.45, 7) is 1.12. The molecule has 2 N–H and O–H groups in total. The van der Waals surface area contributed by atoms with Crippen molar-refractivity contribution in [1.82, 2.24) is 5.32 Å². The van der Waals surface area contributed by atoms with Crippen LogP contribution in [0.15, 0.2) is 18.2 Å². The Hall–Kier alpha value is -1.96. The number of carboxylic acid groups (broad SMARTS) is 1. The first-order chi connectivity index (χ1) is 9.32. The molecule has 5 nitrogen and oxygen atoms in total. The standard InChI is InChI=1S/C12H11F2NO4S/c1-6(16)15-9(11(17)18)5-20-12(19)10-7(13)3-2-4-8(10)14/h2-4,9H,5H2,1H3,(H,15,16)(H,17,18). The number of hydrogen-bond acceptors (Lipinski definition) is 4. The van der Waals surface area contributed by atoms with Gasteiger partial charge in [0.2, 0.25) is 11.0 Å². The Morgan fingerprint density at radius 1 is 1.30 bits per heavy atom. The zero-order valence-corrected chi connectivity index (χ0v) is 11.2. The number of rotatable bonds is 5. The zero-order chi connectivity index (χ0) is 15.3. The Kier molecular flexibility index (Phi) is 5.63. The summed E-state index contributed by atoms with van der Waals surface area (Å²) in [7, 11) is 0. The smallest absolute Gasteiger partial charge is 0.327 e. The van der Waals surface area contributed by atoms with E-state index < -0.39 is 40.2 Å². The largest absolute Gasteiger partial charge is 0.480 e. The molecule has 1 unspecified atom stereocenters. The highest BCUT2D eigenvalue weighted by atomic mass is 32.2. The Balaban J connectivity index is 2.75. The Morgan fingerprint density at radius 3 is 2.30 bits per heavy atom. The van der Waals surface area contributed by atoms with Crippen LogP contribution in [0.2, 0.25) is 0 Å². The third-order valence-corrected chi connectivity index (χ3v) is 3.19. The fourth-order valence-corrected chi connectivity index (χ4v) is 2.23. The van der Waals surface area contributed by atoms with Gasteiger partial charge in [-0.15, -0.1) is 0 Å². The quantitative estimate of drug-likeness (QED) is 0.859. The summed E-state index contributed by atoms with van der Waals surface area (Å²) in [4.78, 5) is 33.3. The van der Waals surface area contributed by atoms with E-state index in [1.165, 1.54) is 0 Å². The van der Waals surface area contributed by atoms with Crippen molar-refractivity contribution in [3.8, 4) is 0 Å². The van der Waals surface area contributed by atoms with Crippen molar-refractivity contribution in [1.29, 1.82) is 0 Å². The third kappa shape index (κ3) is 4.30. The lowest BCUT2D eigenvalue weighted by Gasteiger charge is -2.12. The number of aliphatic carboxylic acids is 1. The van der Waals surface area contributed by atoms with Gasteiger partial charge in [0.1, 0.15) is 23.2 Å². The van der Waals surface area contributed by atoms with Gasteiger partial charge in [-0.2, -0.15) is 0 Å². The lowest BCUT2D eigenvalue weighted by molar-refractivity contribution is -0.140. The number of nitrogens with one attached hydrogen (secondary N) is 1. The summed E-state index contributed by atoms with van der Waals surface area (Å²) >= 11 is 0.422. The number of carbonyl (C=O) groups is 3. The van der Waals surface area contributed by atoms with Crippen LogP contribution < -0.4 is 5.32 Å². The second-order valence-electron chi connectivity index (χ2n) is 3.79. The van der Waals surface area contributed by atoms with Crippen LogP contribution in [0.4, 0.5) is 8.78 Å². The van der Waals surface area contributed by atoms with E-state index in [-0.39, 0.29) is 5.75 Å². The second kappa shape index (κ2) is 6.99. The second-order valence-corrected chi connectivity index (χ2v) is 4.78. The van der Waals surface area contributed by atoms with Crippen LogP contribution >= 0.6 is 11.8 Å². The zero-order valence-electron chi connectivity index (χ0n) is 10.4. The first-order valence-electron chi connectivity index (χ1n) is 5.44. The number of carbonyl (C=O) groups excluding carboxylic acids is 2. The molecule has 0 saturated heterocycles. The predicted molar refractivity (Wildman–Crippen MR) is 68.4 cm³/mol. The van der Waals surface area contributed by atoms with Gasteiger partial charge in [0.05, 0.1) is 0 Å². The maximum absolute atomic E-state index is 13.3. The van der Waals surface area contributed by atoms with Crippen molar-refractivity contribution in [2.24, 2.45) is 0 Å². The maximum atomic E-state index is 13.3. The minimum Gasteiger partial charge on any atom is -0.480 e. The molecule has 1 atom stereocenters. The molecule has 0 radical (unpaired) electrons. The molecule has 20 heavy (non-hydrogen) atoms. The van der Waals surface area contributed by atoms with Crippen LogP contribution in [0.25, 0.3) is 0 Å². The van der Waals surface area contributed by atoms with E-state index in [9.17, 15) is 23.2 Å². The molecule has 8 heteroatoms. The Bertz CT molecular complexity index is 530. The van der Waals surface area contributed by atoms with Gasteiger partial charge in [-0.1, -0.05) is 17.8 Å². The summed E-state index contributed by atoms with van der Waals surface area (Å²) < 4.78 is 26.7. The van der Waals surface area contributed by atoms with Crippen LogP contribution in [0.3, 0.4) is 0 Å². The molecule has 1 aromatic rings. The van der Waals surface area contributed by atoms with Crippen molar-refractivity contribution < 1.29 is 28.3 Å². The third-order valence-electron chi connectivity index (χ3n) is 2.22. The normalized spacial score (nSPS) is 11.8. The minimum absolute atomic E-state index is 0.332. The first kappa shape index (κ1) is 16.1. The van der Waals surface area contributed by atoms with Crippen molar-refractivity contribution in [2.45, 2.75) is 13.0 Å². The molecule has 0 aliphatic carbocycles. The van der Waals surface area contributed by atoms with Gasteiger partial charge in [0, 0.05) is 12.7 Å². The van der Waals surface area contributed by atoms with Crippen LogP contribution in [0, 0.1) is 11.6 Å². The fourth-order valence-electron chi connectivity index (χ4n) is 1.34. The van der Waals surface area contributed by atoms with Gasteiger partial charge in [0.25, 0.3) is 0 Å². The molecule has 1 aromatic carbocycles. The van der Waals surface area contributed by atoms with Gasteiger partial charge in [-0.05, 0) is 12.1 Å². The van der Waals surface area contributed by atoms with E-state index in [0.717, 1.165) is 25.1 Å².